The normalized spacial score (nSPS) is 10.9. The molecule has 0 saturated carbocycles. The molecule has 35 heavy (non-hydrogen) atoms. The SMILES string of the molecule is CCN(C)C(C)=O.CCN(CC)CC.Cc1ccc2c(c1)OCO2.Cc1ccc2ccccc2c1. The lowest BCUT2D eigenvalue weighted by Gasteiger charge is -2.13. The zero-order valence-corrected chi connectivity index (χ0v) is 22.9. The molecule has 1 heterocycles. The number of nitrogens with zero attached hydrogens (tertiary/aromatic N) is 2. The molecule has 0 radical (unpaired) electrons. The molecular formula is C30H44N2O3. The number of hydrogen-bond acceptors (Lipinski definition) is 4. The largest absolute Gasteiger partial charge is 0.454 e. The lowest BCUT2D eigenvalue weighted by atomic mass is 10.1. The van der Waals surface area contributed by atoms with Crippen LogP contribution in [0.4, 0.5) is 0 Å². The Labute approximate surface area is 212 Å². The first-order chi connectivity index (χ1) is 16.7. The van der Waals surface area contributed by atoms with Crippen LogP contribution in [-0.2, 0) is 4.79 Å². The summed E-state index contributed by atoms with van der Waals surface area (Å²) in [6.45, 7) is 18.9. The minimum atomic E-state index is 0.127. The van der Waals surface area contributed by atoms with Crippen molar-refractivity contribution in [1.82, 2.24) is 9.80 Å². The third-order valence-electron chi connectivity index (χ3n) is 5.79. The zero-order chi connectivity index (χ0) is 26.2. The second kappa shape index (κ2) is 16.6. The highest BCUT2D eigenvalue weighted by molar-refractivity contribution is 5.82. The molecule has 4 rings (SSSR count). The molecule has 0 aromatic heterocycles. The molecule has 1 aliphatic rings. The van der Waals surface area contributed by atoms with Crippen molar-refractivity contribution in [3.05, 3.63) is 71.8 Å². The first-order valence-electron chi connectivity index (χ1n) is 12.5. The second-order valence-corrected chi connectivity index (χ2v) is 8.36. The van der Waals surface area contributed by atoms with E-state index >= 15 is 0 Å². The van der Waals surface area contributed by atoms with Gasteiger partial charge in [0.15, 0.2) is 11.5 Å². The summed E-state index contributed by atoms with van der Waals surface area (Å²) in [5, 5.41) is 2.64. The third kappa shape index (κ3) is 11.3. The summed E-state index contributed by atoms with van der Waals surface area (Å²) in [5.41, 5.74) is 2.52. The first kappa shape index (κ1) is 30.0. The highest BCUT2D eigenvalue weighted by atomic mass is 16.7. The maximum absolute atomic E-state index is 10.3. The Morgan fingerprint density at radius 3 is 1.80 bits per heavy atom. The fraction of sp³-hybridized carbons (Fsp3) is 0.433. The number of rotatable bonds is 4. The van der Waals surface area contributed by atoms with Gasteiger partial charge in [0, 0.05) is 20.5 Å². The summed E-state index contributed by atoms with van der Waals surface area (Å²) < 4.78 is 10.3. The van der Waals surface area contributed by atoms with Crippen molar-refractivity contribution in [3.8, 4) is 11.5 Å². The van der Waals surface area contributed by atoms with Crippen LogP contribution in [0.5, 0.6) is 11.5 Å². The summed E-state index contributed by atoms with van der Waals surface area (Å²) in [7, 11) is 1.78. The van der Waals surface area contributed by atoms with Crippen molar-refractivity contribution in [2.75, 3.05) is 40.0 Å². The molecule has 0 bridgehead atoms. The van der Waals surface area contributed by atoms with Crippen molar-refractivity contribution in [3.63, 3.8) is 0 Å². The van der Waals surface area contributed by atoms with E-state index in [1.807, 2.05) is 32.0 Å². The molecule has 0 saturated heterocycles. The minimum absolute atomic E-state index is 0.127. The van der Waals surface area contributed by atoms with Crippen LogP contribution in [0.25, 0.3) is 10.8 Å². The predicted molar refractivity (Wildman–Crippen MR) is 148 cm³/mol. The minimum Gasteiger partial charge on any atom is -0.454 e. The number of ether oxygens (including phenoxy) is 2. The molecule has 5 nitrogen and oxygen atoms in total. The van der Waals surface area contributed by atoms with Crippen LogP contribution in [0.3, 0.4) is 0 Å². The summed E-state index contributed by atoms with van der Waals surface area (Å²) >= 11 is 0. The van der Waals surface area contributed by atoms with Gasteiger partial charge in [-0.1, -0.05) is 74.9 Å². The molecule has 0 spiro atoms. The molecule has 3 aromatic carbocycles. The number of fused-ring (bicyclic) bond motifs is 2. The molecule has 1 aliphatic heterocycles. The van der Waals surface area contributed by atoms with E-state index in [2.05, 4.69) is 75.1 Å². The molecule has 1 amide bonds. The lowest BCUT2D eigenvalue weighted by molar-refractivity contribution is -0.127. The van der Waals surface area contributed by atoms with E-state index in [0.29, 0.717) is 6.79 Å². The average Bonchev–Trinajstić information content (AvgIpc) is 3.33. The van der Waals surface area contributed by atoms with E-state index in [9.17, 15) is 4.79 Å². The Hall–Kier alpha value is -3.05. The first-order valence-corrected chi connectivity index (χ1v) is 12.5. The smallest absolute Gasteiger partial charge is 0.231 e. The van der Waals surface area contributed by atoms with Crippen LogP contribution < -0.4 is 9.47 Å². The molecule has 0 N–H and O–H groups in total. The van der Waals surface area contributed by atoms with Crippen LogP contribution in [0.15, 0.2) is 60.7 Å². The van der Waals surface area contributed by atoms with E-state index in [1.54, 1.807) is 18.9 Å². The zero-order valence-electron chi connectivity index (χ0n) is 22.9. The van der Waals surface area contributed by atoms with Crippen LogP contribution in [-0.4, -0.2) is 55.7 Å². The van der Waals surface area contributed by atoms with Crippen molar-refractivity contribution in [1.29, 1.82) is 0 Å². The van der Waals surface area contributed by atoms with Gasteiger partial charge in [-0.3, -0.25) is 4.79 Å². The van der Waals surface area contributed by atoms with Crippen molar-refractivity contribution in [2.24, 2.45) is 0 Å². The van der Waals surface area contributed by atoms with Gasteiger partial charge in [0.1, 0.15) is 0 Å². The van der Waals surface area contributed by atoms with Crippen LogP contribution in [0.1, 0.15) is 45.7 Å². The van der Waals surface area contributed by atoms with Crippen molar-refractivity contribution >= 4 is 16.7 Å². The van der Waals surface area contributed by atoms with Gasteiger partial charge in [-0.2, -0.15) is 0 Å². The maximum Gasteiger partial charge on any atom is 0.231 e. The molecule has 0 aliphatic carbocycles. The van der Waals surface area contributed by atoms with E-state index in [-0.39, 0.29) is 5.91 Å². The maximum atomic E-state index is 10.3. The highest BCUT2D eigenvalue weighted by Gasteiger charge is 2.11. The van der Waals surface area contributed by atoms with Gasteiger partial charge < -0.3 is 19.3 Å². The van der Waals surface area contributed by atoms with E-state index in [1.165, 1.54) is 41.5 Å². The topological polar surface area (TPSA) is 42.0 Å². The quantitative estimate of drug-likeness (QED) is 0.416. The van der Waals surface area contributed by atoms with Crippen molar-refractivity contribution in [2.45, 2.75) is 48.5 Å². The predicted octanol–water partition coefficient (Wildman–Crippen LogP) is 6.70. The monoisotopic (exact) mass is 480 g/mol. The molecule has 192 valence electrons. The van der Waals surface area contributed by atoms with E-state index in [4.69, 9.17) is 9.47 Å². The van der Waals surface area contributed by atoms with Gasteiger partial charge in [0.05, 0.1) is 0 Å². The van der Waals surface area contributed by atoms with Crippen LogP contribution in [0, 0.1) is 13.8 Å². The molecule has 3 aromatic rings. The van der Waals surface area contributed by atoms with Crippen molar-refractivity contribution < 1.29 is 14.3 Å². The molecular weight excluding hydrogens is 436 g/mol. The van der Waals surface area contributed by atoms with E-state index < -0.39 is 0 Å². The standard InChI is InChI=1S/C11H10.C8H8O2.C6H15N.C5H11NO/c1-9-6-7-10-4-2-3-5-11(10)8-9;1-6-2-3-7-8(4-6)10-5-9-7;1-4-7(5-2)6-3;1-4-6(3)5(2)7/h2-8H,1H3;2-4H,5H2,1H3;4-6H2,1-3H3;4H2,1-3H3. The number of hydrogen-bond donors (Lipinski definition) is 0. The summed E-state index contributed by atoms with van der Waals surface area (Å²) in [6.07, 6.45) is 0. The fourth-order valence-corrected chi connectivity index (χ4v) is 3.21. The summed E-state index contributed by atoms with van der Waals surface area (Å²) in [6, 6.07) is 20.8. The molecule has 0 unspecified atom stereocenters. The number of carbonyl (C=O) groups excluding carboxylic acids is 1. The summed E-state index contributed by atoms with van der Waals surface area (Å²) in [4.78, 5) is 14.3. The van der Waals surface area contributed by atoms with Gasteiger partial charge in [-0.05, 0) is 68.9 Å². The number of carbonyl (C=O) groups is 1. The average molecular weight is 481 g/mol. The van der Waals surface area contributed by atoms with Crippen LogP contribution >= 0.6 is 0 Å². The number of benzene rings is 3. The Kier molecular flexibility index (Phi) is 14.2. The Morgan fingerprint density at radius 2 is 1.29 bits per heavy atom. The Balaban J connectivity index is 0.000000239. The number of aryl methyl sites for hydroxylation is 2. The Morgan fingerprint density at radius 1 is 0.743 bits per heavy atom. The fourth-order valence-electron chi connectivity index (χ4n) is 3.21. The van der Waals surface area contributed by atoms with Crippen LogP contribution in [0.2, 0.25) is 0 Å². The second-order valence-electron chi connectivity index (χ2n) is 8.36. The highest BCUT2D eigenvalue weighted by Crippen LogP contribution is 2.31. The third-order valence-corrected chi connectivity index (χ3v) is 5.79. The molecule has 5 heteroatoms. The van der Waals surface area contributed by atoms with Gasteiger partial charge in [0.25, 0.3) is 0 Å². The number of amides is 1. The Bertz CT molecular complexity index is 1010. The lowest BCUT2D eigenvalue weighted by Crippen LogP contribution is -2.22. The van der Waals surface area contributed by atoms with Gasteiger partial charge in [0.2, 0.25) is 12.7 Å². The molecule has 0 atom stereocenters. The van der Waals surface area contributed by atoms with Gasteiger partial charge in [-0.25, -0.2) is 0 Å². The molecule has 0 fully saturated rings. The van der Waals surface area contributed by atoms with Gasteiger partial charge >= 0.3 is 0 Å². The van der Waals surface area contributed by atoms with E-state index in [0.717, 1.165) is 18.0 Å². The van der Waals surface area contributed by atoms with Gasteiger partial charge in [-0.15, -0.1) is 0 Å². The summed E-state index contributed by atoms with van der Waals surface area (Å²) in [5.74, 6) is 1.84.